The smallest absolute Gasteiger partial charge is 0.217 e. The summed E-state index contributed by atoms with van der Waals surface area (Å²) in [5.41, 5.74) is 0. The summed E-state index contributed by atoms with van der Waals surface area (Å²) in [4.78, 5) is 11.0. The molecule has 1 aliphatic carbocycles. The molecule has 0 aliphatic heterocycles. The van der Waals surface area contributed by atoms with Crippen LogP contribution in [-0.4, -0.2) is 11.9 Å². The Labute approximate surface area is 81.1 Å². The first-order valence-electron chi connectivity index (χ1n) is 5.38. The van der Waals surface area contributed by atoms with Crippen LogP contribution in [0.5, 0.6) is 0 Å². The highest BCUT2D eigenvalue weighted by Crippen LogP contribution is 2.29. The molecule has 0 aromatic rings. The third-order valence-electron chi connectivity index (χ3n) is 3.06. The van der Waals surface area contributed by atoms with Gasteiger partial charge in [0.1, 0.15) is 0 Å². The van der Waals surface area contributed by atoms with E-state index in [9.17, 15) is 4.79 Å². The highest BCUT2D eigenvalue weighted by molar-refractivity contribution is 5.73. The Morgan fingerprint density at radius 3 is 2.46 bits per heavy atom. The Hall–Kier alpha value is -0.530. The maximum atomic E-state index is 11.0. The van der Waals surface area contributed by atoms with Crippen LogP contribution in [0.3, 0.4) is 0 Å². The lowest BCUT2D eigenvalue weighted by Crippen LogP contribution is -2.42. The van der Waals surface area contributed by atoms with Crippen molar-refractivity contribution in [2.75, 3.05) is 0 Å². The largest absolute Gasteiger partial charge is 0.353 e. The van der Waals surface area contributed by atoms with Gasteiger partial charge >= 0.3 is 0 Å². The van der Waals surface area contributed by atoms with Crippen molar-refractivity contribution in [3.05, 3.63) is 0 Å². The summed E-state index contributed by atoms with van der Waals surface area (Å²) in [7, 11) is 0. The van der Waals surface area contributed by atoms with E-state index in [1.807, 2.05) is 0 Å². The zero-order valence-corrected chi connectivity index (χ0v) is 8.97. The van der Waals surface area contributed by atoms with Crippen LogP contribution in [0.4, 0.5) is 0 Å². The van der Waals surface area contributed by atoms with Crippen molar-refractivity contribution in [3.8, 4) is 0 Å². The van der Waals surface area contributed by atoms with Crippen LogP contribution in [0.2, 0.25) is 0 Å². The molecular formula is C11H21NO. The van der Waals surface area contributed by atoms with Crippen LogP contribution in [0.1, 0.15) is 46.5 Å². The number of amides is 1. The zero-order chi connectivity index (χ0) is 9.84. The van der Waals surface area contributed by atoms with Gasteiger partial charge < -0.3 is 5.32 Å². The number of carbonyl (C=O) groups excluding carboxylic acids is 1. The Morgan fingerprint density at radius 2 is 1.92 bits per heavy atom. The van der Waals surface area contributed by atoms with Gasteiger partial charge in [0, 0.05) is 13.0 Å². The average Bonchev–Trinajstić information content (AvgIpc) is 2.03. The van der Waals surface area contributed by atoms with Gasteiger partial charge in [-0.3, -0.25) is 4.79 Å². The first kappa shape index (κ1) is 10.6. The second kappa shape index (κ2) is 4.64. The van der Waals surface area contributed by atoms with Crippen molar-refractivity contribution < 1.29 is 4.79 Å². The van der Waals surface area contributed by atoms with Gasteiger partial charge in [-0.25, -0.2) is 0 Å². The Kier molecular flexibility index (Phi) is 3.76. The molecule has 0 saturated heterocycles. The van der Waals surface area contributed by atoms with Gasteiger partial charge in [0.05, 0.1) is 0 Å². The van der Waals surface area contributed by atoms with Gasteiger partial charge in [-0.15, -0.1) is 0 Å². The highest BCUT2D eigenvalue weighted by atomic mass is 16.1. The molecule has 2 heteroatoms. The topological polar surface area (TPSA) is 29.1 Å². The fraction of sp³-hybridized carbons (Fsp3) is 0.909. The molecule has 1 N–H and O–H groups in total. The van der Waals surface area contributed by atoms with E-state index >= 15 is 0 Å². The van der Waals surface area contributed by atoms with Crippen molar-refractivity contribution in [1.29, 1.82) is 0 Å². The third kappa shape index (κ3) is 3.02. The van der Waals surface area contributed by atoms with Gasteiger partial charge in [-0.1, -0.05) is 26.7 Å². The second-order valence-corrected chi connectivity index (χ2v) is 4.50. The summed E-state index contributed by atoms with van der Waals surface area (Å²) in [6, 6.07) is 0.436. The van der Waals surface area contributed by atoms with Crippen molar-refractivity contribution in [3.63, 3.8) is 0 Å². The first-order valence-corrected chi connectivity index (χ1v) is 5.38. The minimum absolute atomic E-state index is 0.123. The molecule has 2 nitrogen and oxygen atoms in total. The first-order chi connectivity index (χ1) is 6.11. The van der Waals surface area contributed by atoms with E-state index in [1.54, 1.807) is 6.92 Å². The summed E-state index contributed by atoms with van der Waals surface area (Å²) in [5.74, 6) is 1.51. The van der Waals surface area contributed by atoms with Crippen LogP contribution in [-0.2, 0) is 4.79 Å². The van der Waals surface area contributed by atoms with Gasteiger partial charge in [-0.2, -0.15) is 0 Å². The molecule has 2 atom stereocenters. The molecule has 0 heterocycles. The van der Waals surface area contributed by atoms with Crippen LogP contribution >= 0.6 is 0 Å². The van der Waals surface area contributed by atoms with Crippen molar-refractivity contribution >= 4 is 5.91 Å². The molecule has 0 spiro atoms. The summed E-state index contributed by atoms with van der Waals surface area (Å²) in [6.45, 7) is 6.13. The van der Waals surface area contributed by atoms with E-state index in [4.69, 9.17) is 0 Å². The normalized spacial score (nSPS) is 28.9. The molecule has 0 aromatic carbocycles. The number of carbonyl (C=O) groups is 1. The molecule has 1 rings (SSSR count). The van der Waals surface area contributed by atoms with E-state index in [-0.39, 0.29) is 5.91 Å². The number of hydrogen-bond donors (Lipinski definition) is 1. The fourth-order valence-corrected chi connectivity index (χ4v) is 2.40. The predicted molar refractivity (Wildman–Crippen MR) is 54.4 cm³/mol. The predicted octanol–water partition coefficient (Wildman–Crippen LogP) is 2.34. The minimum atomic E-state index is 0.123. The molecule has 13 heavy (non-hydrogen) atoms. The van der Waals surface area contributed by atoms with E-state index in [2.05, 4.69) is 19.2 Å². The Balaban J connectivity index is 2.51. The molecule has 0 radical (unpaired) electrons. The quantitative estimate of drug-likeness (QED) is 0.699. The second-order valence-electron chi connectivity index (χ2n) is 4.50. The minimum Gasteiger partial charge on any atom is -0.353 e. The molecule has 1 aliphatic rings. The molecule has 1 fully saturated rings. The summed E-state index contributed by atoms with van der Waals surface area (Å²) in [6.07, 6.45) is 5.05. The van der Waals surface area contributed by atoms with Crippen molar-refractivity contribution in [2.24, 2.45) is 11.8 Å². The van der Waals surface area contributed by atoms with E-state index in [1.165, 1.54) is 25.7 Å². The Bertz CT molecular complexity index is 177. The summed E-state index contributed by atoms with van der Waals surface area (Å²) in [5, 5.41) is 3.07. The van der Waals surface area contributed by atoms with Gasteiger partial charge in [0.25, 0.3) is 0 Å². The van der Waals surface area contributed by atoms with Crippen LogP contribution in [0.25, 0.3) is 0 Å². The lowest BCUT2D eigenvalue weighted by Gasteiger charge is -2.34. The number of nitrogens with one attached hydrogen (secondary N) is 1. The van der Waals surface area contributed by atoms with Crippen LogP contribution < -0.4 is 5.32 Å². The summed E-state index contributed by atoms with van der Waals surface area (Å²) < 4.78 is 0. The third-order valence-corrected chi connectivity index (χ3v) is 3.06. The van der Waals surface area contributed by atoms with E-state index in [0.717, 1.165) is 0 Å². The van der Waals surface area contributed by atoms with Crippen LogP contribution in [0, 0.1) is 11.8 Å². The maximum absolute atomic E-state index is 11.0. The van der Waals surface area contributed by atoms with E-state index in [0.29, 0.717) is 17.9 Å². The molecular weight excluding hydrogens is 162 g/mol. The standard InChI is InChI=1S/C11H21NO/c1-8(2)10-6-4-5-7-11(10)12-9(3)13/h8,10-11H,4-7H2,1-3H3,(H,12,13)/t10?,11-/m0/s1. The SMILES string of the molecule is CC(=O)N[C@H]1CCCCC1C(C)C. The lowest BCUT2D eigenvalue weighted by molar-refractivity contribution is -0.120. The molecule has 1 amide bonds. The van der Waals surface area contributed by atoms with Crippen molar-refractivity contribution in [2.45, 2.75) is 52.5 Å². The van der Waals surface area contributed by atoms with Gasteiger partial charge in [0.15, 0.2) is 0 Å². The number of hydrogen-bond acceptors (Lipinski definition) is 1. The zero-order valence-electron chi connectivity index (χ0n) is 8.97. The maximum Gasteiger partial charge on any atom is 0.217 e. The molecule has 1 saturated carbocycles. The average molecular weight is 183 g/mol. The Morgan fingerprint density at radius 1 is 1.31 bits per heavy atom. The molecule has 1 unspecified atom stereocenters. The number of rotatable bonds is 2. The molecule has 76 valence electrons. The summed E-state index contributed by atoms with van der Waals surface area (Å²) >= 11 is 0. The molecule has 0 aromatic heterocycles. The van der Waals surface area contributed by atoms with Gasteiger partial charge in [0.2, 0.25) is 5.91 Å². The van der Waals surface area contributed by atoms with Gasteiger partial charge in [-0.05, 0) is 24.7 Å². The van der Waals surface area contributed by atoms with Crippen LogP contribution in [0.15, 0.2) is 0 Å². The molecule has 0 bridgehead atoms. The lowest BCUT2D eigenvalue weighted by atomic mass is 9.78. The highest BCUT2D eigenvalue weighted by Gasteiger charge is 2.27. The van der Waals surface area contributed by atoms with Crippen molar-refractivity contribution in [1.82, 2.24) is 5.32 Å². The monoisotopic (exact) mass is 183 g/mol. The fourth-order valence-electron chi connectivity index (χ4n) is 2.40. The van der Waals surface area contributed by atoms with E-state index < -0.39 is 0 Å².